The van der Waals surface area contributed by atoms with Crippen molar-refractivity contribution in [3.63, 3.8) is 0 Å². The lowest BCUT2D eigenvalue weighted by Crippen LogP contribution is -2.14. The minimum absolute atomic E-state index is 0.333. The highest BCUT2D eigenvalue weighted by Gasteiger charge is 2.05. The Bertz CT molecular complexity index is 144. The van der Waals surface area contributed by atoms with E-state index in [4.69, 9.17) is 15.5 Å². The SMILES string of the molecule is C=CC.C=CC.NCC(=O)OP(O)O. The highest BCUT2D eigenvalue weighted by Crippen LogP contribution is 2.23. The molecular formula is C8H18NO4P. The van der Waals surface area contributed by atoms with Crippen molar-refractivity contribution < 1.29 is 19.1 Å². The lowest BCUT2D eigenvalue weighted by molar-refractivity contribution is -0.133. The third-order valence-corrected chi connectivity index (χ3v) is 0.717. The highest BCUT2D eigenvalue weighted by molar-refractivity contribution is 7.40. The van der Waals surface area contributed by atoms with Crippen molar-refractivity contribution in [1.82, 2.24) is 0 Å². The summed E-state index contributed by atoms with van der Waals surface area (Å²) >= 11 is 0. The molecule has 0 saturated carbocycles. The molecule has 0 rings (SSSR count). The van der Waals surface area contributed by atoms with Crippen molar-refractivity contribution >= 4 is 14.6 Å². The second kappa shape index (κ2) is 18.1. The first kappa shape index (κ1) is 18.9. The van der Waals surface area contributed by atoms with Gasteiger partial charge in [0.2, 0.25) is 0 Å². The minimum Gasteiger partial charge on any atom is -0.393 e. The molecular weight excluding hydrogens is 205 g/mol. The molecule has 6 heteroatoms. The van der Waals surface area contributed by atoms with E-state index in [-0.39, 0.29) is 6.54 Å². The van der Waals surface area contributed by atoms with Gasteiger partial charge in [-0.3, -0.25) is 4.79 Å². The summed E-state index contributed by atoms with van der Waals surface area (Å²) in [5.41, 5.74) is 4.73. The van der Waals surface area contributed by atoms with E-state index in [1.54, 1.807) is 12.2 Å². The molecule has 0 amide bonds. The molecule has 0 atom stereocenters. The van der Waals surface area contributed by atoms with E-state index in [0.29, 0.717) is 0 Å². The number of hydrogen-bond donors (Lipinski definition) is 3. The predicted molar refractivity (Wildman–Crippen MR) is 58.2 cm³/mol. The van der Waals surface area contributed by atoms with Crippen LogP contribution in [0, 0.1) is 0 Å². The largest absolute Gasteiger partial charge is 0.393 e. The van der Waals surface area contributed by atoms with Gasteiger partial charge in [-0.1, -0.05) is 12.2 Å². The molecule has 0 aromatic heterocycles. The molecule has 0 aromatic rings. The van der Waals surface area contributed by atoms with Gasteiger partial charge in [0.25, 0.3) is 0 Å². The summed E-state index contributed by atoms with van der Waals surface area (Å²) < 4.78 is 3.81. The average molecular weight is 223 g/mol. The Labute approximate surface area is 85.9 Å². The van der Waals surface area contributed by atoms with Gasteiger partial charge in [0, 0.05) is 0 Å². The Morgan fingerprint density at radius 1 is 1.43 bits per heavy atom. The van der Waals surface area contributed by atoms with Gasteiger partial charge in [-0.2, -0.15) is 0 Å². The number of allylic oxidation sites excluding steroid dienone is 2. The fourth-order valence-corrected chi connectivity index (χ4v) is 0.385. The van der Waals surface area contributed by atoms with Crippen LogP contribution in [0.1, 0.15) is 13.8 Å². The first-order chi connectivity index (χ1) is 6.49. The van der Waals surface area contributed by atoms with Crippen LogP contribution in [0.5, 0.6) is 0 Å². The van der Waals surface area contributed by atoms with E-state index in [9.17, 15) is 4.79 Å². The molecule has 0 aliphatic heterocycles. The summed E-state index contributed by atoms with van der Waals surface area (Å²) in [6, 6.07) is 0. The lowest BCUT2D eigenvalue weighted by Gasteiger charge is -1.98. The smallest absolute Gasteiger partial charge is 0.393 e. The third kappa shape index (κ3) is 42.8. The summed E-state index contributed by atoms with van der Waals surface area (Å²) in [6.07, 6.45) is 3.50. The van der Waals surface area contributed by atoms with Gasteiger partial charge < -0.3 is 20.0 Å². The summed E-state index contributed by atoms with van der Waals surface area (Å²) in [4.78, 5) is 25.9. The van der Waals surface area contributed by atoms with Crippen LogP contribution in [0.4, 0.5) is 0 Å². The normalized spacial score (nSPS) is 7.29. The Morgan fingerprint density at radius 2 is 1.71 bits per heavy atom. The number of carbonyl (C=O) groups excluding carboxylic acids is 1. The van der Waals surface area contributed by atoms with Gasteiger partial charge >= 0.3 is 14.6 Å². The van der Waals surface area contributed by atoms with Crippen LogP contribution in [-0.4, -0.2) is 22.3 Å². The Balaban J connectivity index is -0.000000168. The quantitative estimate of drug-likeness (QED) is 0.481. The van der Waals surface area contributed by atoms with E-state index in [0.717, 1.165) is 0 Å². The van der Waals surface area contributed by atoms with Gasteiger partial charge in [0.05, 0.1) is 6.54 Å². The highest BCUT2D eigenvalue weighted by atomic mass is 31.2. The molecule has 0 saturated heterocycles. The average Bonchev–Trinajstić information content (AvgIpc) is 2.06. The summed E-state index contributed by atoms with van der Waals surface area (Å²) in [6.45, 7) is 10.2. The standard InChI is InChI=1S/2C3H6.C2H6NO4P/c2*1-3-2;3-1-2(4)7-8(5)6/h2*3H,1H2,2H3;5-6H,1,3H2. The van der Waals surface area contributed by atoms with Crippen molar-refractivity contribution in [2.45, 2.75) is 13.8 Å². The molecule has 0 heterocycles. The Morgan fingerprint density at radius 3 is 1.79 bits per heavy atom. The number of rotatable bonds is 2. The van der Waals surface area contributed by atoms with Gasteiger partial charge in [0.15, 0.2) is 0 Å². The molecule has 0 unspecified atom stereocenters. The summed E-state index contributed by atoms with van der Waals surface area (Å²) in [7, 11) is -2.58. The van der Waals surface area contributed by atoms with Gasteiger partial charge in [0.1, 0.15) is 0 Å². The summed E-state index contributed by atoms with van der Waals surface area (Å²) in [5, 5.41) is 0. The fourth-order valence-electron chi connectivity index (χ4n) is 0.128. The molecule has 0 bridgehead atoms. The van der Waals surface area contributed by atoms with E-state index < -0.39 is 14.6 Å². The van der Waals surface area contributed by atoms with E-state index >= 15 is 0 Å². The van der Waals surface area contributed by atoms with Gasteiger partial charge in [-0.15, -0.1) is 13.2 Å². The van der Waals surface area contributed by atoms with Gasteiger partial charge in [-0.25, -0.2) is 0 Å². The Hall–Kier alpha value is -0.740. The summed E-state index contributed by atoms with van der Waals surface area (Å²) in [5.74, 6) is -0.818. The number of hydrogen-bond acceptors (Lipinski definition) is 5. The molecule has 4 N–H and O–H groups in total. The van der Waals surface area contributed by atoms with Crippen LogP contribution in [0.25, 0.3) is 0 Å². The molecule has 14 heavy (non-hydrogen) atoms. The second-order valence-electron chi connectivity index (χ2n) is 1.74. The zero-order valence-corrected chi connectivity index (χ0v) is 9.41. The molecule has 0 aromatic carbocycles. The van der Waals surface area contributed by atoms with Crippen LogP contribution < -0.4 is 5.73 Å². The van der Waals surface area contributed by atoms with Crippen molar-refractivity contribution in [1.29, 1.82) is 0 Å². The topological polar surface area (TPSA) is 92.8 Å². The minimum atomic E-state index is -2.58. The zero-order chi connectivity index (χ0) is 12.0. The fraction of sp³-hybridized carbons (Fsp3) is 0.375. The molecule has 0 radical (unpaired) electrons. The van der Waals surface area contributed by atoms with Crippen molar-refractivity contribution in [3.8, 4) is 0 Å². The van der Waals surface area contributed by atoms with Crippen LogP contribution in [0.3, 0.4) is 0 Å². The first-order valence-electron chi connectivity index (χ1n) is 3.72. The predicted octanol–water partition coefficient (Wildman–Crippen LogP) is 1.08. The molecule has 0 aliphatic carbocycles. The Kier molecular flexibility index (Phi) is 24.5. The third-order valence-electron chi connectivity index (χ3n) is 0.350. The maximum Gasteiger partial charge on any atom is 0.393 e. The molecule has 0 fully saturated rings. The first-order valence-corrected chi connectivity index (χ1v) is 4.89. The van der Waals surface area contributed by atoms with E-state index in [1.165, 1.54) is 0 Å². The van der Waals surface area contributed by atoms with Crippen LogP contribution >= 0.6 is 8.60 Å². The van der Waals surface area contributed by atoms with Crippen LogP contribution in [0.2, 0.25) is 0 Å². The van der Waals surface area contributed by atoms with Crippen molar-refractivity contribution in [2.24, 2.45) is 5.73 Å². The zero-order valence-electron chi connectivity index (χ0n) is 8.51. The van der Waals surface area contributed by atoms with Crippen LogP contribution in [-0.2, 0) is 9.32 Å². The van der Waals surface area contributed by atoms with Gasteiger partial charge in [-0.05, 0) is 13.8 Å². The maximum atomic E-state index is 9.97. The molecule has 0 aliphatic rings. The van der Waals surface area contributed by atoms with Crippen molar-refractivity contribution in [2.75, 3.05) is 6.54 Å². The number of nitrogens with two attached hydrogens (primary N) is 1. The molecule has 0 spiro atoms. The molecule has 84 valence electrons. The van der Waals surface area contributed by atoms with E-state index in [2.05, 4.69) is 17.7 Å². The molecule has 5 nitrogen and oxygen atoms in total. The lowest BCUT2D eigenvalue weighted by atomic mass is 10.7. The monoisotopic (exact) mass is 223 g/mol. The van der Waals surface area contributed by atoms with E-state index in [1.807, 2.05) is 13.8 Å². The maximum absolute atomic E-state index is 9.97. The second-order valence-corrected chi connectivity index (χ2v) is 2.42. The number of carbonyl (C=O) groups is 1. The van der Waals surface area contributed by atoms with Crippen molar-refractivity contribution in [3.05, 3.63) is 25.3 Å². The van der Waals surface area contributed by atoms with Crippen LogP contribution in [0.15, 0.2) is 25.3 Å².